The predicted molar refractivity (Wildman–Crippen MR) is 118 cm³/mol. The Bertz CT molecular complexity index is 1080. The van der Waals surface area contributed by atoms with Gasteiger partial charge < -0.3 is 29.0 Å². The molecule has 0 spiro atoms. The third kappa shape index (κ3) is 5.36. The Morgan fingerprint density at radius 2 is 1.77 bits per heavy atom. The van der Waals surface area contributed by atoms with Crippen LogP contribution >= 0.6 is 0 Å². The van der Waals surface area contributed by atoms with Crippen molar-refractivity contribution >= 4 is 27.9 Å². The summed E-state index contributed by atoms with van der Waals surface area (Å²) >= 11 is 0. The normalized spacial score (nSPS) is 23.1. The lowest BCUT2D eigenvalue weighted by atomic mass is 9.97. The molecule has 2 saturated heterocycles. The van der Waals surface area contributed by atoms with Gasteiger partial charge in [-0.25, -0.2) is 8.42 Å². The van der Waals surface area contributed by atoms with Crippen molar-refractivity contribution in [3.8, 4) is 11.5 Å². The third-order valence-corrected chi connectivity index (χ3v) is 8.22. The number of benzene rings is 1. The van der Waals surface area contributed by atoms with E-state index in [-0.39, 0.29) is 42.1 Å². The molecular weight excluding hydrogens is 484 g/mol. The Labute approximate surface area is 202 Å². The number of piperidine rings is 1. The largest absolute Gasteiger partial charge is 0.486 e. The number of hydrogen-bond donors (Lipinski definition) is 1. The average Bonchev–Trinajstić information content (AvgIpc) is 3.29. The van der Waals surface area contributed by atoms with Crippen LogP contribution in [0, 0.1) is 5.92 Å². The molecule has 2 atom stereocenters. The SMILES string of the molecule is COC(=O)C1CCN(C(=O)COC(=O)[C@@H]2C[C@@H](O)CN2S(=O)(=O)c2ccc3c(c2)OCCO3)CC1. The fourth-order valence-corrected chi connectivity index (χ4v) is 6.08. The summed E-state index contributed by atoms with van der Waals surface area (Å²) in [5.74, 6) is -1.25. The molecule has 3 aliphatic heterocycles. The number of hydrogen-bond acceptors (Lipinski definition) is 10. The zero-order valence-corrected chi connectivity index (χ0v) is 20.1. The van der Waals surface area contributed by atoms with Crippen LogP contribution in [0.4, 0.5) is 0 Å². The monoisotopic (exact) mass is 512 g/mol. The van der Waals surface area contributed by atoms with Gasteiger partial charge in [0.05, 0.1) is 24.0 Å². The van der Waals surface area contributed by atoms with Crippen LogP contribution in [-0.2, 0) is 33.9 Å². The van der Waals surface area contributed by atoms with Crippen LogP contribution in [0.25, 0.3) is 0 Å². The first kappa shape index (κ1) is 25.2. The first-order chi connectivity index (χ1) is 16.7. The van der Waals surface area contributed by atoms with Gasteiger partial charge in [0.1, 0.15) is 19.3 Å². The van der Waals surface area contributed by atoms with E-state index in [9.17, 15) is 27.9 Å². The van der Waals surface area contributed by atoms with Gasteiger partial charge in [0, 0.05) is 32.1 Å². The molecule has 12 nitrogen and oxygen atoms in total. The van der Waals surface area contributed by atoms with E-state index in [0.717, 1.165) is 4.31 Å². The van der Waals surface area contributed by atoms with Crippen LogP contribution in [0.3, 0.4) is 0 Å². The highest BCUT2D eigenvalue weighted by molar-refractivity contribution is 7.89. The molecule has 2 fully saturated rings. The molecule has 0 radical (unpaired) electrons. The second kappa shape index (κ2) is 10.4. The third-order valence-electron chi connectivity index (χ3n) is 6.35. The minimum Gasteiger partial charge on any atom is -0.486 e. The Kier molecular flexibility index (Phi) is 7.47. The molecule has 1 amide bonds. The van der Waals surface area contributed by atoms with Gasteiger partial charge in [-0.1, -0.05) is 0 Å². The van der Waals surface area contributed by atoms with Crippen LogP contribution < -0.4 is 9.47 Å². The number of β-amino-alcohol motifs (C(OH)–C–C–N with tert-alkyl or cyclic N) is 1. The summed E-state index contributed by atoms with van der Waals surface area (Å²) in [6, 6.07) is 2.86. The number of methoxy groups -OCH3 is 1. The highest BCUT2D eigenvalue weighted by Crippen LogP contribution is 2.35. The van der Waals surface area contributed by atoms with E-state index < -0.39 is 40.7 Å². The van der Waals surface area contributed by atoms with Crippen molar-refractivity contribution in [2.45, 2.75) is 36.3 Å². The second-order valence-corrected chi connectivity index (χ2v) is 10.5. The number of likely N-dealkylation sites (tertiary alicyclic amines) is 1. The molecule has 13 heteroatoms. The number of nitrogens with zero attached hydrogens (tertiary/aromatic N) is 2. The number of sulfonamides is 1. The highest BCUT2D eigenvalue weighted by Gasteiger charge is 2.45. The lowest BCUT2D eigenvalue weighted by Crippen LogP contribution is -2.44. The summed E-state index contributed by atoms with van der Waals surface area (Å²) in [6.45, 7) is 0.430. The zero-order chi connectivity index (χ0) is 25.2. The van der Waals surface area contributed by atoms with Crippen LogP contribution in [0.1, 0.15) is 19.3 Å². The summed E-state index contributed by atoms with van der Waals surface area (Å²) in [6.07, 6.45) is -0.320. The fraction of sp³-hybridized carbons (Fsp3) is 0.591. The van der Waals surface area contributed by atoms with E-state index in [4.69, 9.17) is 18.9 Å². The Morgan fingerprint density at radius 3 is 2.46 bits per heavy atom. The topological polar surface area (TPSA) is 149 Å². The van der Waals surface area contributed by atoms with Crippen molar-refractivity contribution in [2.75, 3.05) is 46.6 Å². The smallest absolute Gasteiger partial charge is 0.325 e. The molecule has 1 aromatic rings. The van der Waals surface area contributed by atoms with Crippen molar-refractivity contribution in [1.82, 2.24) is 9.21 Å². The maximum absolute atomic E-state index is 13.3. The van der Waals surface area contributed by atoms with Crippen molar-refractivity contribution in [1.29, 1.82) is 0 Å². The van der Waals surface area contributed by atoms with E-state index in [1.165, 1.54) is 30.2 Å². The average molecular weight is 513 g/mol. The van der Waals surface area contributed by atoms with Gasteiger partial charge in [0.15, 0.2) is 18.1 Å². The van der Waals surface area contributed by atoms with Gasteiger partial charge >= 0.3 is 11.9 Å². The van der Waals surface area contributed by atoms with Gasteiger partial charge in [-0.2, -0.15) is 4.31 Å². The molecule has 192 valence electrons. The molecule has 4 rings (SSSR count). The molecule has 0 bridgehead atoms. The Morgan fingerprint density at radius 1 is 1.09 bits per heavy atom. The lowest BCUT2D eigenvalue weighted by Gasteiger charge is -2.30. The Hall–Kier alpha value is -2.90. The molecule has 0 aliphatic carbocycles. The fourth-order valence-electron chi connectivity index (χ4n) is 4.44. The van der Waals surface area contributed by atoms with E-state index in [0.29, 0.717) is 38.3 Å². The molecule has 0 aromatic heterocycles. The van der Waals surface area contributed by atoms with Crippen LogP contribution in [0.15, 0.2) is 23.1 Å². The number of esters is 2. The minimum absolute atomic E-state index is 0.113. The lowest BCUT2D eigenvalue weighted by molar-refractivity contribution is -0.156. The summed E-state index contributed by atoms with van der Waals surface area (Å²) < 4.78 is 48.2. The number of aliphatic hydroxyl groups is 1. The molecule has 0 saturated carbocycles. The molecule has 3 heterocycles. The first-order valence-corrected chi connectivity index (χ1v) is 12.8. The second-order valence-electron chi connectivity index (χ2n) is 8.57. The number of carbonyl (C=O) groups excluding carboxylic acids is 3. The number of aliphatic hydroxyl groups excluding tert-OH is 1. The standard InChI is InChI=1S/C22H28N2O10S/c1-31-21(27)14-4-6-23(7-5-14)20(26)13-34-22(28)17-10-15(25)12-24(17)35(29,30)16-2-3-18-19(11-16)33-9-8-32-18/h2-3,11,14-15,17,25H,4-10,12-13H2,1H3/t15-,17+/m1/s1. The van der Waals surface area contributed by atoms with Crippen molar-refractivity contribution in [3.05, 3.63) is 18.2 Å². The van der Waals surface area contributed by atoms with Gasteiger partial charge in [0.25, 0.3) is 5.91 Å². The van der Waals surface area contributed by atoms with Gasteiger partial charge in [0.2, 0.25) is 10.0 Å². The maximum atomic E-state index is 13.3. The zero-order valence-electron chi connectivity index (χ0n) is 19.3. The summed E-state index contributed by atoms with van der Waals surface area (Å²) in [7, 11) is -2.86. The van der Waals surface area contributed by atoms with Crippen LogP contribution in [0.2, 0.25) is 0 Å². The van der Waals surface area contributed by atoms with Crippen LogP contribution in [-0.4, -0.2) is 99.3 Å². The van der Waals surface area contributed by atoms with E-state index in [2.05, 4.69) is 0 Å². The number of amides is 1. The molecule has 0 unspecified atom stereocenters. The van der Waals surface area contributed by atoms with E-state index in [1.807, 2.05) is 0 Å². The summed E-state index contributed by atoms with van der Waals surface area (Å²) in [5, 5.41) is 10.1. The van der Waals surface area contributed by atoms with Crippen molar-refractivity contribution < 1.29 is 46.9 Å². The van der Waals surface area contributed by atoms with E-state index in [1.54, 1.807) is 0 Å². The molecular formula is C22H28N2O10S. The number of fused-ring (bicyclic) bond motifs is 1. The molecule has 35 heavy (non-hydrogen) atoms. The van der Waals surface area contributed by atoms with Gasteiger partial charge in [-0.05, 0) is 25.0 Å². The molecule has 1 N–H and O–H groups in total. The van der Waals surface area contributed by atoms with Crippen molar-refractivity contribution in [3.63, 3.8) is 0 Å². The van der Waals surface area contributed by atoms with Crippen LogP contribution in [0.5, 0.6) is 11.5 Å². The quantitative estimate of drug-likeness (QED) is 0.496. The van der Waals surface area contributed by atoms with Gasteiger partial charge in [-0.15, -0.1) is 0 Å². The first-order valence-electron chi connectivity index (χ1n) is 11.3. The predicted octanol–water partition coefficient (Wildman–Crippen LogP) is -0.463. The minimum atomic E-state index is -4.18. The van der Waals surface area contributed by atoms with Gasteiger partial charge in [-0.3, -0.25) is 14.4 Å². The van der Waals surface area contributed by atoms with E-state index >= 15 is 0 Å². The highest BCUT2D eigenvalue weighted by atomic mass is 32.2. The molecule has 3 aliphatic rings. The molecule has 1 aromatic carbocycles. The summed E-state index contributed by atoms with van der Waals surface area (Å²) in [4.78, 5) is 38.3. The Balaban J connectivity index is 1.38. The summed E-state index contributed by atoms with van der Waals surface area (Å²) in [5.41, 5.74) is 0. The number of rotatable bonds is 6. The number of ether oxygens (including phenoxy) is 4. The maximum Gasteiger partial charge on any atom is 0.325 e. The number of carbonyl (C=O) groups is 3. The van der Waals surface area contributed by atoms with Crippen molar-refractivity contribution in [2.24, 2.45) is 5.92 Å².